The summed E-state index contributed by atoms with van der Waals surface area (Å²) in [6.45, 7) is 7.13. The van der Waals surface area contributed by atoms with Crippen LogP contribution in [0.5, 0.6) is 5.75 Å². The Kier molecular flexibility index (Phi) is 6.57. The van der Waals surface area contributed by atoms with E-state index in [9.17, 15) is 5.11 Å². The van der Waals surface area contributed by atoms with E-state index in [0.29, 0.717) is 12.0 Å². The predicted molar refractivity (Wildman–Crippen MR) is 121 cm³/mol. The molecule has 2 aromatic carbocycles. The summed E-state index contributed by atoms with van der Waals surface area (Å²) in [4.78, 5) is 11.6. The molecule has 0 aliphatic carbocycles. The van der Waals surface area contributed by atoms with Crippen molar-refractivity contribution in [3.63, 3.8) is 0 Å². The molecule has 30 heavy (non-hydrogen) atoms. The fourth-order valence-corrected chi connectivity index (χ4v) is 3.68. The van der Waals surface area contributed by atoms with Gasteiger partial charge >= 0.3 is 0 Å². The van der Waals surface area contributed by atoms with E-state index in [1.54, 1.807) is 18.3 Å². The third-order valence-corrected chi connectivity index (χ3v) is 5.58. The maximum absolute atomic E-state index is 9.38. The first-order valence-corrected chi connectivity index (χ1v) is 10.6. The van der Waals surface area contributed by atoms with Gasteiger partial charge in [-0.25, -0.2) is 9.97 Å². The molecule has 156 valence electrons. The number of nitrogens with zero attached hydrogens (tertiary/aromatic N) is 3. The molecule has 1 fully saturated rings. The SMILES string of the molecule is CCN(Cc1cccc(-c2ccnc(NCCc3ccc(O)cc3)n2)c1)C1CNC1. The van der Waals surface area contributed by atoms with Crippen molar-refractivity contribution in [3.05, 3.63) is 71.9 Å². The zero-order valence-corrected chi connectivity index (χ0v) is 17.4. The van der Waals surface area contributed by atoms with Crippen LogP contribution in [0.4, 0.5) is 5.95 Å². The molecule has 6 nitrogen and oxygen atoms in total. The van der Waals surface area contributed by atoms with Gasteiger partial charge in [0.05, 0.1) is 5.69 Å². The van der Waals surface area contributed by atoms with Crippen LogP contribution in [0.15, 0.2) is 60.8 Å². The van der Waals surface area contributed by atoms with Crippen LogP contribution in [-0.2, 0) is 13.0 Å². The zero-order chi connectivity index (χ0) is 20.8. The number of nitrogens with one attached hydrogen (secondary N) is 2. The molecule has 0 unspecified atom stereocenters. The normalized spacial score (nSPS) is 13.9. The van der Waals surface area contributed by atoms with Crippen LogP contribution in [0.1, 0.15) is 18.1 Å². The molecule has 0 saturated carbocycles. The Labute approximate surface area is 178 Å². The minimum Gasteiger partial charge on any atom is -0.508 e. The van der Waals surface area contributed by atoms with E-state index in [1.165, 1.54) is 5.56 Å². The highest BCUT2D eigenvalue weighted by Gasteiger charge is 2.23. The highest BCUT2D eigenvalue weighted by Crippen LogP contribution is 2.21. The van der Waals surface area contributed by atoms with Crippen LogP contribution >= 0.6 is 0 Å². The zero-order valence-electron chi connectivity index (χ0n) is 17.4. The summed E-state index contributed by atoms with van der Waals surface area (Å²) in [6.07, 6.45) is 2.64. The summed E-state index contributed by atoms with van der Waals surface area (Å²) in [7, 11) is 0. The second kappa shape index (κ2) is 9.69. The summed E-state index contributed by atoms with van der Waals surface area (Å²) in [5.74, 6) is 0.920. The number of anilines is 1. The molecule has 2 heterocycles. The van der Waals surface area contributed by atoms with E-state index in [-0.39, 0.29) is 5.75 Å². The molecule has 3 N–H and O–H groups in total. The Hall–Kier alpha value is -2.96. The van der Waals surface area contributed by atoms with Crippen LogP contribution in [0, 0.1) is 0 Å². The molecule has 0 spiro atoms. The van der Waals surface area contributed by atoms with Gasteiger partial charge in [0.1, 0.15) is 5.75 Å². The summed E-state index contributed by atoms with van der Waals surface area (Å²) >= 11 is 0. The molecule has 0 bridgehead atoms. The average molecular weight is 404 g/mol. The molecule has 1 aromatic heterocycles. The fourth-order valence-electron chi connectivity index (χ4n) is 3.68. The van der Waals surface area contributed by atoms with E-state index in [2.05, 4.69) is 51.7 Å². The highest BCUT2D eigenvalue weighted by molar-refractivity contribution is 5.61. The van der Waals surface area contributed by atoms with E-state index in [0.717, 1.165) is 56.0 Å². The lowest BCUT2D eigenvalue weighted by Crippen LogP contribution is -2.56. The van der Waals surface area contributed by atoms with E-state index < -0.39 is 0 Å². The first-order chi connectivity index (χ1) is 14.7. The summed E-state index contributed by atoms with van der Waals surface area (Å²) in [6, 6.07) is 18.5. The van der Waals surface area contributed by atoms with Gasteiger partial charge in [-0.1, -0.05) is 37.3 Å². The number of phenols is 1. The molecule has 3 aromatic rings. The number of phenolic OH excluding ortho intramolecular Hbond substituents is 1. The summed E-state index contributed by atoms with van der Waals surface area (Å²) in [5.41, 5.74) is 4.50. The standard InChI is InChI=1S/C24H29N5O/c1-2-29(21-15-25-16-21)17-19-4-3-5-20(14-19)23-11-13-27-24(28-23)26-12-10-18-6-8-22(30)9-7-18/h3-9,11,13-14,21,25,30H,2,10,12,15-17H2,1H3,(H,26,27,28). The van der Waals surface area contributed by atoms with Crippen LogP contribution in [0.3, 0.4) is 0 Å². The topological polar surface area (TPSA) is 73.3 Å². The molecule has 6 heteroatoms. The van der Waals surface area contributed by atoms with Crippen LogP contribution in [0.2, 0.25) is 0 Å². The first kappa shape index (κ1) is 20.3. The van der Waals surface area contributed by atoms with Gasteiger partial charge in [-0.15, -0.1) is 0 Å². The van der Waals surface area contributed by atoms with E-state index in [1.807, 2.05) is 18.2 Å². The lowest BCUT2D eigenvalue weighted by Gasteiger charge is -2.37. The second-order valence-corrected chi connectivity index (χ2v) is 7.68. The van der Waals surface area contributed by atoms with Crippen LogP contribution in [0.25, 0.3) is 11.3 Å². The van der Waals surface area contributed by atoms with Gasteiger partial charge < -0.3 is 15.7 Å². The van der Waals surface area contributed by atoms with Crippen molar-refractivity contribution in [1.82, 2.24) is 20.2 Å². The smallest absolute Gasteiger partial charge is 0.223 e. The van der Waals surface area contributed by atoms with E-state index in [4.69, 9.17) is 4.98 Å². The van der Waals surface area contributed by atoms with Crippen molar-refractivity contribution >= 4 is 5.95 Å². The lowest BCUT2D eigenvalue weighted by atomic mass is 10.1. The largest absolute Gasteiger partial charge is 0.508 e. The molecule has 4 rings (SSSR count). The van der Waals surface area contributed by atoms with Gasteiger partial charge in [-0.05, 0) is 48.4 Å². The third kappa shape index (κ3) is 5.14. The molecular formula is C24H29N5O. The average Bonchev–Trinajstić information content (AvgIpc) is 2.74. The minimum absolute atomic E-state index is 0.288. The van der Waals surface area contributed by atoms with Crippen LogP contribution in [-0.4, -0.2) is 52.2 Å². The minimum atomic E-state index is 0.288. The monoisotopic (exact) mass is 403 g/mol. The van der Waals surface area contributed by atoms with E-state index >= 15 is 0 Å². The van der Waals surface area contributed by atoms with Gasteiger partial charge in [0.25, 0.3) is 0 Å². The number of aromatic hydroxyl groups is 1. The van der Waals surface area contributed by atoms with Gasteiger partial charge in [-0.3, -0.25) is 4.90 Å². The molecule has 1 aliphatic heterocycles. The first-order valence-electron chi connectivity index (χ1n) is 10.6. The Balaban J connectivity index is 1.39. The number of likely N-dealkylation sites (N-methyl/N-ethyl adjacent to an activating group) is 1. The van der Waals surface area contributed by atoms with Crippen molar-refractivity contribution in [1.29, 1.82) is 0 Å². The number of hydrogen-bond donors (Lipinski definition) is 3. The van der Waals surface area contributed by atoms with Crippen molar-refractivity contribution < 1.29 is 5.11 Å². The molecule has 0 radical (unpaired) electrons. The third-order valence-electron chi connectivity index (χ3n) is 5.58. The van der Waals surface area contributed by atoms with Crippen molar-refractivity contribution in [3.8, 4) is 17.0 Å². The molecule has 0 atom stereocenters. The Morgan fingerprint density at radius 1 is 1.10 bits per heavy atom. The second-order valence-electron chi connectivity index (χ2n) is 7.68. The molecular weight excluding hydrogens is 374 g/mol. The predicted octanol–water partition coefficient (Wildman–Crippen LogP) is 3.30. The van der Waals surface area contributed by atoms with Gasteiger partial charge in [-0.2, -0.15) is 0 Å². The van der Waals surface area contributed by atoms with Crippen molar-refractivity contribution in [2.75, 3.05) is 31.5 Å². The summed E-state index contributed by atoms with van der Waals surface area (Å²) in [5, 5.41) is 16.0. The van der Waals surface area contributed by atoms with Gasteiger partial charge in [0, 0.05) is 44.0 Å². The number of rotatable bonds is 9. The Morgan fingerprint density at radius 3 is 2.67 bits per heavy atom. The highest BCUT2D eigenvalue weighted by atomic mass is 16.3. The number of hydrogen-bond acceptors (Lipinski definition) is 6. The fraction of sp³-hybridized carbons (Fsp3) is 0.333. The van der Waals surface area contributed by atoms with Crippen LogP contribution < -0.4 is 10.6 Å². The van der Waals surface area contributed by atoms with Crippen molar-refractivity contribution in [2.24, 2.45) is 0 Å². The Morgan fingerprint density at radius 2 is 1.93 bits per heavy atom. The maximum Gasteiger partial charge on any atom is 0.223 e. The number of aromatic nitrogens is 2. The lowest BCUT2D eigenvalue weighted by molar-refractivity contribution is 0.145. The molecule has 1 aliphatic rings. The Bertz CT molecular complexity index is 956. The van der Waals surface area contributed by atoms with Gasteiger partial charge in [0.2, 0.25) is 5.95 Å². The van der Waals surface area contributed by atoms with Gasteiger partial charge in [0.15, 0.2) is 0 Å². The maximum atomic E-state index is 9.38. The van der Waals surface area contributed by atoms with Crippen molar-refractivity contribution in [2.45, 2.75) is 25.9 Å². The quantitative estimate of drug-likeness (QED) is 0.509. The number of benzene rings is 2. The summed E-state index contributed by atoms with van der Waals surface area (Å²) < 4.78 is 0. The molecule has 1 saturated heterocycles. The molecule has 0 amide bonds.